The maximum Gasteiger partial charge on any atom is 0.131 e. The summed E-state index contributed by atoms with van der Waals surface area (Å²) in [5.41, 5.74) is 1.78. The number of ether oxygens (including phenoxy) is 2. The summed E-state index contributed by atoms with van der Waals surface area (Å²) in [6.45, 7) is 4.14. The second-order valence-corrected chi connectivity index (χ2v) is 7.55. The second kappa shape index (κ2) is 11.3. The maximum atomic E-state index is 14.4. The summed E-state index contributed by atoms with van der Waals surface area (Å²) in [7, 11) is 1.53. The van der Waals surface area contributed by atoms with Gasteiger partial charge in [0.25, 0.3) is 0 Å². The van der Waals surface area contributed by atoms with Gasteiger partial charge in [0, 0.05) is 57.0 Å². The lowest BCUT2D eigenvalue weighted by atomic mass is 10.1. The average Bonchev–Trinajstić information content (AvgIpc) is 2.75. The van der Waals surface area contributed by atoms with E-state index in [0.717, 1.165) is 37.5 Å². The number of hydrogen-bond acceptors (Lipinski definition) is 6. The number of benzene rings is 2. The number of methoxy groups -OCH3 is 1. The molecule has 2 aromatic carbocycles. The van der Waals surface area contributed by atoms with E-state index in [2.05, 4.69) is 15.9 Å². The predicted octanol–water partition coefficient (Wildman–Crippen LogP) is 2.27. The largest absolute Gasteiger partial charge is 0.497 e. The molecule has 1 unspecified atom stereocenters. The van der Waals surface area contributed by atoms with E-state index in [9.17, 15) is 9.50 Å². The molecule has 30 heavy (non-hydrogen) atoms. The predicted molar refractivity (Wildman–Crippen MR) is 113 cm³/mol. The highest BCUT2D eigenvalue weighted by Crippen LogP contribution is 2.23. The summed E-state index contributed by atoms with van der Waals surface area (Å²) in [5, 5.41) is 18.5. The van der Waals surface area contributed by atoms with Crippen molar-refractivity contribution in [3.63, 3.8) is 0 Å². The maximum absolute atomic E-state index is 14.4. The van der Waals surface area contributed by atoms with E-state index in [1.807, 2.05) is 18.2 Å². The minimum atomic E-state index is -0.265. The molecule has 1 aliphatic heterocycles. The van der Waals surface area contributed by atoms with Gasteiger partial charge in [-0.05, 0) is 30.2 Å². The van der Waals surface area contributed by atoms with E-state index in [0.29, 0.717) is 24.3 Å². The summed E-state index contributed by atoms with van der Waals surface area (Å²) in [6, 6.07) is 13.0. The minimum absolute atomic E-state index is 0.0101. The van der Waals surface area contributed by atoms with Crippen LogP contribution in [0.4, 0.5) is 4.39 Å². The van der Waals surface area contributed by atoms with Crippen LogP contribution >= 0.6 is 0 Å². The molecule has 0 radical (unpaired) electrons. The van der Waals surface area contributed by atoms with Crippen molar-refractivity contribution < 1.29 is 24.1 Å². The molecule has 0 spiro atoms. The highest BCUT2D eigenvalue weighted by Gasteiger charge is 2.27. The topological polar surface area (TPSA) is 65.4 Å². The Bertz CT molecular complexity index is 805. The standard InChI is InChI=1S/C23H31FN2O4/c1-29-21-6-5-19(23(24)14-21)16-26-9-8-25(17-20(26)7-10-27)15-18-3-2-4-22(13-18)30-12-11-28/h2-6,13-14,20,27-28H,7-12,15-17H2,1H3. The summed E-state index contributed by atoms with van der Waals surface area (Å²) in [5.74, 6) is 1.000. The van der Waals surface area contributed by atoms with Crippen LogP contribution in [0.1, 0.15) is 17.5 Å². The van der Waals surface area contributed by atoms with Crippen molar-refractivity contribution in [1.29, 1.82) is 0 Å². The molecule has 1 atom stereocenters. The zero-order valence-electron chi connectivity index (χ0n) is 17.5. The lowest BCUT2D eigenvalue weighted by Gasteiger charge is -2.41. The highest BCUT2D eigenvalue weighted by atomic mass is 19.1. The van der Waals surface area contributed by atoms with Crippen LogP contribution in [-0.4, -0.2) is 72.6 Å². The summed E-state index contributed by atoms with van der Waals surface area (Å²) >= 11 is 0. The van der Waals surface area contributed by atoms with Crippen LogP contribution in [0.2, 0.25) is 0 Å². The van der Waals surface area contributed by atoms with E-state index >= 15 is 0 Å². The number of aliphatic hydroxyl groups excluding tert-OH is 2. The molecular formula is C23H31FN2O4. The van der Waals surface area contributed by atoms with Gasteiger partial charge in [0.2, 0.25) is 0 Å². The number of halogens is 1. The van der Waals surface area contributed by atoms with Gasteiger partial charge < -0.3 is 19.7 Å². The van der Waals surface area contributed by atoms with Crippen LogP contribution in [0, 0.1) is 5.82 Å². The lowest BCUT2D eigenvalue weighted by molar-refractivity contribution is 0.0492. The minimum Gasteiger partial charge on any atom is -0.497 e. The number of hydrogen-bond donors (Lipinski definition) is 2. The first kappa shape index (κ1) is 22.5. The molecule has 0 aliphatic carbocycles. The number of piperazine rings is 1. The molecule has 7 heteroatoms. The van der Waals surface area contributed by atoms with Crippen molar-refractivity contribution in [1.82, 2.24) is 9.80 Å². The Hall–Kier alpha value is -2.19. The molecule has 164 valence electrons. The molecule has 3 rings (SSSR count). The number of aliphatic hydroxyl groups is 2. The Morgan fingerprint density at radius 1 is 1.03 bits per heavy atom. The van der Waals surface area contributed by atoms with Crippen LogP contribution in [0.3, 0.4) is 0 Å². The van der Waals surface area contributed by atoms with Crippen molar-refractivity contribution >= 4 is 0 Å². The molecule has 6 nitrogen and oxygen atoms in total. The average molecular weight is 419 g/mol. The van der Waals surface area contributed by atoms with Crippen LogP contribution in [0.25, 0.3) is 0 Å². The van der Waals surface area contributed by atoms with Crippen molar-refractivity contribution in [2.24, 2.45) is 0 Å². The fraction of sp³-hybridized carbons (Fsp3) is 0.478. The monoisotopic (exact) mass is 418 g/mol. The van der Waals surface area contributed by atoms with E-state index in [4.69, 9.17) is 14.6 Å². The molecule has 0 aromatic heterocycles. The van der Waals surface area contributed by atoms with E-state index in [1.54, 1.807) is 12.1 Å². The summed E-state index contributed by atoms with van der Waals surface area (Å²) < 4.78 is 25.0. The molecule has 1 fully saturated rings. The molecule has 1 heterocycles. The van der Waals surface area contributed by atoms with Gasteiger partial charge in [0.1, 0.15) is 23.9 Å². The first-order chi connectivity index (χ1) is 14.6. The summed E-state index contributed by atoms with van der Waals surface area (Å²) in [4.78, 5) is 4.60. The molecule has 2 aromatic rings. The van der Waals surface area contributed by atoms with E-state index in [-0.39, 0.29) is 31.7 Å². The fourth-order valence-electron chi connectivity index (χ4n) is 3.89. The zero-order valence-corrected chi connectivity index (χ0v) is 17.5. The Balaban J connectivity index is 1.62. The third-order valence-corrected chi connectivity index (χ3v) is 5.45. The van der Waals surface area contributed by atoms with Gasteiger partial charge in [0.05, 0.1) is 13.7 Å². The summed E-state index contributed by atoms with van der Waals surface area (Å²) in [6.07, 6.45) is 0.647. The number of rotatable bonds is 10. The van der Waals surface area contributed by atoms with Crippen molar-refractivity contribution in [2.45, 2.75) is 25.6 Å². The SMILES string of the molecule is COc1ccc(CN2CCN(Cc3cccc(OCCO)c3)CC2CCO)c(F)c1. The number of nitrogens with zero attached hydrogens (tertiary/aromatic N) is 2. The van der Waals surface area contributed by atoms with Gasteiger partial charge in [-0.15, -0.1) is 0 Å². The fourth-order valence-corrected chi connectivity index (χ4v) is 3.89. The first-order valence-corrected chi connectivity index (χ1v) is 10.3. The van der Waals surface area contributed by atoms with Crippen LogP contribution in [0.15, 0.2) is 42.5 Å². The van der Waals surface area contributed by atoms with E-state index < -0.39 is 0 Å². The highest BCUT2D eigenvalue weighted by molar-refractivity contribution is 5.29. The van der Waals surface area contributed by atoms with Crippen LogP contribution < -0.4 is 9.47 Å². The van der Waals surface area contributed by atoms with Gasteiger partial charge in [0.15, 0.2) is 0 Å². The van der Waals surface area contributed by atoms with Crippen LogP contribution in [0.5, 0.6) is 11.5 Å². The Morgan fingerprint density at radius 3 is 2.63 bits per heavy atom. The van der Waals surface area contributed by atoms with Crippen molar-refractivity contribution in [2.75, 3.05) is 46.6 Å². The first-order valence-electron chi connectivity index (χ1n) is 10.3. The molecule has 1 saturated heterocycles. The second-order valence-electron chi connectivity index (χ2n) is 7.55. The third kappa shape index (κ3) is 6.15. The smallest absolute Gasteiger partial charge is 0.131 e. The molecule has 1 aliphatic rings. The molecule has 2 N–H and O–H groups in total. The lowest BCUT2D eigenvalue weighted by Crippen LogP contribution is -2.52. The molecule has 0 saturated carbocycles. The quantitative estimate of drug-likeness (QED) is 0.617. The van der Waals surface area contributed by atoms with Crippen LogP contribution in [-0.2, 0) is 13.1 Å². The van der Waals surface area contributed by atoms with Gasteiger partial charge >= 0.3 is 0 Å². The molecule has 0 amide bonds. The van der Waals surface area contributed by atoms with Crippen molar-refractivity contribution in [3.05, 3.63) is 59.4 Å². The van der Waals surface area contributed by atoms with Gasteiger partial charge in [-0.3, -0.25) is 9.80 Å². The Labute approximate surface area is 177 Å². The normalized spacial score (nSPS) is 17.8. The Kier molecular flexibility index (Phi) is 8.45. The third-order valence-electron chi connectivity index (χ3n) is 5.45. The van der Waals surface area contributed by atoms with E-state index in [1.165, 1.54) is 13.2 Å². The van der Waals surface area contributed by atoms with Gasteiger partial charge in [-0.1, -0.05) is 18.2 Å². The molecule has 0 bridgehead atoms. The van der Waals surface area contributed by atoms with Gasteiger partial charge in [-0.2, -0.15) is 0 Å². The van der Waals surface area contributed by atoms with Gasteiger partial charge in [-0.25, -0.2) is 4.39 Å². The molecular weight excluding hydrogens is 387 g/mol. The van der Waals surface area contributed by atoms with Crippen molar-refractivity contribution in [3.8, 4) is 11.5 Å². The Morgan fingerprint density at radius 2 is 1.90 bits per heavy atom. The zero-order chi connectivity index (χ0) is 21.3.